The number of hydrogen-bond acceptors (Lipinski definition) is 4. The summed E-state index contributed by atoms with van der Waals surface area (Å²) in [6.07, 6.45) is 0. The largest absolute Gasteiger partial charge is 0.493 e. The van der Waals surface area contributed by atoms with Gasteiger partial charge in [0.05, 0.1) is 24.8 Å². The zero-order chi connectivity index (χ0) is 15.0. The van der Waals surface area contributed by atoms with Crippen molar-refractivity contribution in [1.29, 1.82) is 0 Å². The lowest BCUT2D eigenvalue weighted by molar-refractivity contribution is 0.127. The molecule has 1 rings (SSSR count). The molecule has 0 saturated carbocycles. The number of methoxy groups -OCH3 is 1. The van der Waals surface area contributed by atoms with Gasteiger partial charge in [0.2, 0.25) is 0 Å². The number of rotatable bonds is 9. The second-order valence-corrected chi connectivity index (χ2v) is 5.34. The number of benzene rings is 1. The molecule has 0 amide bonds. The molecule has 1 N–H and O–H groups in total. The highest BCUT2D eigenvalue weighted by atomic mass is 79.9. The van der Waals surface area contributed by atoms with Crippen LogP contribution in [0.3, 0.4) is 0 Å². The molecule has 1 aromatic rings. The zero-order valence-corrected chi connectivity index (χ0v) is 14.2. The molecular formula is C15H24BrNO3. The third-order valence-corrected chi connectivity index (χ3v) is 3.39. The van der Waals surface area contributed by atoms with Crippen molar-refractivity contribution in [3.8, 4) is 11.5 Å². The highest BCUT2D eigenvalue weighted by Gasteiger charge is 2.11. The Morgan fingerprint density at radius 3 is 2.60 bits per heavy atom. The smallest absolute Gasteiger partial charge is 0.175 e. The summed E-state index contributed by atoms with van der Waals surface area (Å²) in [4.78, 5) is 0. The van der Waals surface area contributed by atoms with E-state index in [0.717, 1.165) is 34.7 Å². The van der Waals surface area contributed by atoms with Gasteiger partial charge in [-0.1, -0.05) is 0 Å². The van der Waals surface area contributed by atoms with Gasteiger partial charge in [0.15, 0.2) is 11.5 Å². The molecule has 0 heterocycles. The molecule has 0 aliphatic heterocycles. The van der Waals surface area contributed by atoms with E-state index in [1.165, 1.54) is 0 Å². The lowest BCUT2D eigenvalue weighted by atomic mass is 10.2. The average molecular weight is 346 g/mol. The van der Waals surface area contributed by atoms with E-state index < -0.39 is 0 Å². The highest BCUT2D eigenvalue weighted by molar-refractivity contribution is 9.10. The second kappa shape index (κ2) is 9.21. The van der Waals surface area contributed by atoms with Crippen LogP contribution in [0.5, 0.6) is 11.5 Å². The number of nitrogens with one attached hydrogen (secondary N) is 1. The Balaban J connectivity index is 2.69. The molecule has 0 radical (unpaired) electrons. The van der Waals surface area contributed by atoms with E-state index in [-0.39, 0.29) is 0 Å². The van der Waals surface area contributed by atoms with Gasteiger partial charge in [0, 0.05) is 19.2 Å². The van der Waals surface area contributed by atoms with Crippen LogP contribution in [-0.4, -0.2) is 33.0 Å². The Hall–Kier alpha value is -0.780. The van der Waals surface area contributed by atoms with Gasteiger partial charge in [0.1, 0.15) is 0 Å². The maximum absolute atomic E-state index is 5.58. The van der Waals surface area contributed by atoms with Crippen molar-refractivity contribution in [2.75, 3.05) is 26.9 Å². The fourth-order valence-corrected chi connectivity index (χ4v) is 2.41. The molecule has 0 fully saturated rings. The molecule has 0 bridgehead atoms. The van der Waals surface area contributed by atoms with Gasteiger partial charge in [-0.2, -0.15) is 0 Å². The van der Waals surface area contributed by atoms with Gasteiger partial charge in [-0.05, 0) is 54.4 Å². The second-order valence-electron chi connectivity index (χ2n) is 4.48. The van der Waals surface area contributed by atoms with E-state index >= 15 is 0 Å². The third-order valence-electron chi connectivity index (χ3n) is 2.80. The first-order chi connectivity index (χ1) is 9.62. The highest BCUT2D eigenvalue weighted by Crippen LogP contribution is 2.36. The van der Waals surface area contributed by atoms with Crippen LogP contribution in [0.4, 0.5) is 0 Å². The zero-order valence-electron chi connectivity index (χ0n) is 12.7. The molecule has 20 heavy (non-hydrogen) atoms. The van der Waals surface area contributed by atoms with E-state index in [1.807, 2.05) is 26.0 Å². The first-order valence-corrected chi connectivity index (χ1v) is 7.71. The number of halogens is 1. The number of hydrogen-bond donors (Lipinski definition) is 1. The van der Waals surface area contributed by atoms with Crippen LogP contribution in [0.25, 0.3) is 0 Å². The summed E-state index contributed by atoms with van der Waals surface area (Å²) in [6, 6.07) is 4.36. The lowest BCUT2D eigenvalue weighted by Crippen LogP contribution is -2.30. The summed E-state index contributed by atoms with van der Waals surface area (Å²) in [6.45, 7) is 8.89. The molecule has 1 unspecified atom stereocenters. The van der Waals surface area contributed by atoms with Crippen LogP contribution in [0, 0.1) is 0 Å². The minimum absolute atomic E-state index is 0.311. The molecule has 0 aromatic heterocycles. The summed E-state index contributed by atoms with van der Waals surface area (Å²) in [5, 5.41) is 3.42. The van der Waals surface area contributed by atoms with Crippen molar-refractivity contribution in [1.82, 2.24) is 5.32 Å². The van der Waals surface area contributed by atoms with E-state index in [0.29, 0.717) is 19.3 Å². The Morgan fingerprint density at radius 2 is 2.00 bits per heavy atom. The predicted octanol–water partition coefficient (Wildman–Crippen LogP) is 3.37. The molecule has 1 atom stereocenters. The van der Waals surface area contributed by atoms with Crippen LogP contribution in [0.15, 0.2) is 16.6 Å². The SMILES string of the molecule is CCOCC(C)NCc1cc(Br)c(OCC)c(OC)c1. The minimum Gasteiger partial charge on any atom is -0.493 e. The van der Waals surface area contributed by atoms with Crippen LogP contribution in [0.1, 0.15) is 26.3 Å². The number of ether oxygens (including phenoxy) is 3. The molecule has 5 heteroatoms. The average Bonchev–Trinajstić information content (AvgIpc) is 2.45. The fraction of sp³-hybridized carbons (Fsp3) is 0.600. The molecule has 1 aromatic carbocycles. The van der Waals surface area contributed by atoms with Gasteiger partial charge >= 0.3 is 0 Å². The summed E-state index contributed by atoms with van der Waals surface area (Å²) >= 11 is 3.53. The maximum Gasteiger partial charge on any atom is 0.175 e. The Labute approximate surface area is 129 Å². The Morgan fingerprint density at radius 1 is 1.25 bits per heavy atom. The van der Waals surface area contributed by atoms with Crippen LogP contribution >= 0.6 is 15.9 Å². The Bertz CT molecular complexity index is 412. The standard InChI is InChI=1S/C15H24BrNO3/c1-5-19-10-11(3)17-9-12-7-13(16)15(20-6-2)14(8-12)18-4/h7-8,11,17H,5-6,9-10H2,1-4H3. The van der Waals surface area contributed by atoms with Gasteiger partial charge in [-0.3, -0.25) is 0 Å². The van der Waals surface area contributed by atoms with E-state index in [9.17, 15) is 0 Å². The molecule has 0 aliphatic rings. The normalized spacial score (nSPS) is 12.2. The maximum atomic E-state index is 5.58. The van der Waals surface area contributed by atoms with Crippen LogP contribution in [0.2, 0.25) is 0 Å². The summed E-state index contributed by atoms with van der Waals surface area (Å²) < 4.78 is 17.3. The van der Waals surface area contributed by atoms with Crippen molar-refractivity contribution in [2.24, 2.45) is 0 Å². The van der Waals surface area contributed by atoms with Crippen molar-refractivity contribution in [2.45, 2.75) is 33.4 Å². The Kier molecular flexibility index (Phi) is 7.95. The van der Waals surface area contributed by atoms with Crippen LogP contribution in [-0.2, 0) is 11.3 Å². The fourth-order valence-electron chi connectivity index (χ4n) is 1.81. The lowest BCUT2D eigenvalue weighted by Gasteiger charge is -2.16. The van der Waals surface area contributed by atoms with Gasteiger partial charge in [-0.25, -0.2) is 0 Å². The van der Waals surface area contributed by atoms with E-state index in [2.05, 4.69) is 28.2 Å². The predicted molar refractivity (Wildman–Crippen MR) is 84.7 cm³/mol. The van der Waals surface area contributed by atoms with Gasteiger partial charge in [-0.15, -0.1) is 0 Å². The summed E-state index contributed by atoms with van der Waals surface area (Å²) in [5.74, 6) is 1.50. The molecule has 0 saturated heterocycles. The first kappa shape index (κ1) is 17.3. The molecule has 0 aliphatic carbocycles. The summed E-state index contributed by atoms with van der Waals surface area (Å²) in [7, 11) is 1.65. The van der Waals surface area contributed by atoms with Crippen molar-refractivity contribution in [3.05, 3.63) is 22.2 Å². The third kappa shape index (κ3) is 5.31. The summed E-state index contributed by atoms with van der Waals surface area (Å²) in [5.41, 5.74) is 1.14. The van der Waals surface area contributed by atoms with E-state index in [1.54, 1.807) is 7.11 Å². The topological polar surface area (TPSA) is 39.7 Å². The van der Waals surface area contributed by atoms with Crippen molar-refractivity contribution >= 4 is 15.9 Å². The van der Waals surface area contributed by atoms with Gasteiger partial charge in [0.25, 0.3) is 0 Å². The monoisotopic (exact) mass is 345 g/mol. The quantitative estimate of drug-likeness (QED) is 0.744. The minimum atomic E-state index is 0.311. The molecule has 4 nitrogen and oxygen atoms in total. The van der Waals surface area contributed by atoms with E-state index in [4.69, 9.17) is 14.2 Å². The van der Waals surface area contributed by atoms with Gasteiger partial charge < -0.3 is 19.5 Å². The van der Waals surface area contributed by atoms with Crippen molar-refractivity contribution in [3.63, 3.8) is 0 Å². The van der Waals surface area contributed by atoms with Crippen molar-refractivity contribution < 1.29 is 14.2 Å². The molecular weight excluding hydrogens is 322 g/mol. The molecule has 114 valence electrons. The molecule has 0 spiro atoms. The van der Waals surface area contributed by atoms with Crippen LogP contribution < -0.4 is 14.8 Å². The first-order valence-electron chi connectivity index (χ1n) is 6.92.